The first-order valence-corrected chi connectivity index (χ1v) is 12.4. The SMILES string of the molecule is Cc1cc(NC(=O)C2CCN(c3nc(C4CC4)nc4scc(-c5ccccc5)c34)CC2)no1. The Morgan fingerprint density at radius 1 is 1.12 bits per heavy atom. The molecule has 33 heavy (non-hydrogen) atoms. The van der Waals surface area contributed by atoms with Crippen LogP contribution < -0.4 is 10.2 Å². The second-order valence-electron chi connectivity index (χ2n) is 8.95. The summed E-state index contributed by atoms with van der Waals surface area (Å²) < 4.78 is 5.06. The molecule has 0 atom stereocenters. The van der Waals surface area contributed by atoms with Gasteiger partial charge in [-0.3, -0.25) is 4.79 Å². The quantitative estimate of drug-likeness (QED) is 0.431. The number of aromatic nitrogens is 3. The Bertz CT molecular complexity index is 1300. The van der Waals surface area contributed by atoms with Crippen LogP contribution >= 0.6 is 11.3 Å². The van der Waals surface area contributed by atoms with E-state index in [-0.39, 0.29) is 11.8 Å². The number of hydrogen-bond donors (Lipinski definition) is 1. The number of aryl methyl sites for hydroxylation is 1. The monoisotopic (exact) mass is 459 g/mol. The van der Waals surface area contributed by atoms with Gasteiger partial charge >= 0.3 is 0 Å². The van der Waals surface area contributed by atoms with Crippen LogP contribution in [-0.2, 0) is 4.79 Å². The van der Waals surface area contributed by atoms with Gasteiger partial charge in [-0.05, 0) is 38.2 Å². The molecule has 1 N–H and O–H groups in total. The zero-order valence-electron chi connectivity index (χ0n) is 18.5. The molecule has 2 fully saturated rings. The van der Waals surface area contributed by atoms with Gasteiger partial charge in [0.05, 0.1) is 5.39 Å². The maximum atomic E-state index is 12.7. The lowest BCUT2D eigenvalue weighted by Gasteiger charge is -2.32. The lowest BCUT2D eigenvalue weighted by Crippen LogP contribution is -2.38. The van der Waals surface area contributed by atoms with E-state index in [1.807, 2.05) is 13.0 Å². The fraction of sp³-hybridized carbons (Fsp3) is 0.360. The van der Waals surface area contributed by atoms with Crippen molar-refractivity contribution in [1.29, 1.82) is 0 Å². The molecular formula is C25H25N5O2S. The summed E-state index contributed by atoms with van der Waals surface area (Å²) in [4.78, 5) is 26.2. The number of piperidine rings is 1. The van der Waals surface area contributed by atoms with Gasteiger partial charge in [0.15, 0.2) is 5.82 Å². The summed E-state index contributed by atoms with van der Waals surface area (Å²) >= 11 is 1.70. The Labute approximate surface area is 195 Å². The number of thiophene rings is 1. The van der Waals surface area contributed by atoms with Crippen LogP contribution in [0.1, 0.15) is 43.2 Å². The molecule has 0 spiro atoms. The highest BCUT2D eigenvalue weighted by Gasteiger charge is 2.32. The minimum atomic E-state index is -0.0467. The third kappa shape index (κ3) is 3.99. The summed E-state index contributed by atoms with van der Waals surface area (Å²) in [5.41, 5.74) is 2.37. The second-order valence-corrected chi connectivity index (χ2v) is 9.81. The van der Waals surface area contributed by atoms with Crippen molar-refractivity contribution >= 4 is 39.1 Å². The molecule has 3 aromatic heterocycles. The number of benzene rings is 1. The van der Waals surface area contributed by atoms with Crippen LogP contribution in [-0.4, -0.2) is 34.1 Å². The minimum absolute atomic E-state index is 0.00922. The lowest BCUT2D eigenvalue weighted by molar-refractivity contribution is -0.120. The van der Waals surface area contributed by atoms with E-state index < -0.39 is 0 Å². The molecule has 1 saturated carbocycles. The van der Waals surface area contributed by atoms with Gasteiger partial charge < -0.3 is 14.7 Å². The summed E-state index contributed by atoms with van der Waals surface area (Å²) in [5, 5.41) is 10.1. The van der Waals surface area contributed by atoms with Crippen LogP contribution in [0.25, 0.3) is 21.3 Å². The van der Waals surface area contributed by atoms with Crippen molar-refractivity contribution in [2.75, 3.05) is 23.3 Å². The maximum Gasteiger partial charge on any atom is 0.228 e. The molecule has 4 heterocycles. The van der Waals surface area contributed by atoms with E-state index in [9.17, 15) is 4.79 Å². The van der Waals surface area contributed by atoms with E-state index in [2.05, 4.69) is 45.0 Å². The molecule has 0 unspecified atom stereocenters. The van der Waals surface area contributed by atoms with E-state index in [0.717, 1.165) is 47.8 Å². The van der Waals surface area contributed by atoms with Gasteiger partial charge in [0, 0.05) is 41.9 Å². The number of carbonyl (C=O) groups is 1. The number of nitrogens with one attached hydrogen (secondary N) is 1. The lowest BCUT2D eigenvalue weighted by atomic mass is 9.95. The highest BCUT2D eigenvalue weighted by atomic mass is 32.1. The summed E-state index contributed by atoms with van der Waals surface area (Å²) in [7, 11) is 0. The first kappa shape index (κ1) is 20.4. The molecule has 8 heteroatoms. The van der Waals surface area contributed by atoms with Crippen LogP contribution in [0, 0.1) is 12.8 Å². The molecule has 1 saturated heterocycles. The van der Waals surface area contributed by atoms with Gasteiger partial charge in [0.25, 0.3) is 0 Å². The molecule has 6 rings (SSSR count). The minimum Gasteiger partial charge on any atom is -0.360 e. The van der Waals surface area contributed by atoms with Crippen LogP contribution in [0.15, 0.2) is 46.3 Å². The fourth-order valence-electron chi connectivity index (χ4n) is 4.53. The van der Waals surface area contributed by atoms with Crippen LogP contribution in [0.3, 0.4) is 0 Å². The molecule has 1 aromatic carbocycles. The van der Waals surface area contributed by atoms with E-state index >= 15 is 0 Å². The molecule has 1 amide bonds. The van der Waals surface area contributed by atoms with Gasteiger partial charge in [0.2, 0.25) is 5.91 Å². The molecule has 1 aliphatic carbocycles. The van der Waals surface area contributed by atoms with E-state index in [1.54, 1.807) is 17.4 Å². The molecule has 2 aliphatic rings. The Kier molecular flexibility index (Phi) is 5.10. The number of amides is 1. The van der Waals surface area contributed by atoms with Crippen molar-refractivity contribution in [2.24, 2.45) is 5.92 Å². The molecule has 1 aliphatic heterocycles. The number of carbonyl (C=O) groups excluding carboxylic acids is 1. The Hall–Kier alpha value is -3.26. The first-order chi connectivity index (χ1) is 16.2. The van der Waals surface area contributed by atoms with E-state index in [0.29, 0.717) is 17.5 Å². The molecule has 7 nitrogen and oxygen atoms in total. The number of fused-ring (bicyclic) bond motifs is 1. The second kappa shape index (κ2) is 8.26. The molecule has 0 bridgehead atoms. The van der Waals surface area contributed by atoms with Crippen molar-refractivity contribution in [3.63, 3.8) is 0 Å². The van der Waals surface area contributed by atoms with Gasteiger partial charge in [-0.25, -0.2) is 9.97 Å². The van der Waals surface area contributed by atoms with Gasteiger partial charge in [0.1, 0.15) is 22.2 Å². The maximum absolute atomic E-state index is 12.7. The molecule has 4 aromatic rings. The molecule has 0 radical (unpaired) electrons. The summed E-state index contributed by atoms with van der Waals surface area (Å²) in [6, 6.07) is 12.2. The van der Waals surface area contributed by atoms with Crippen molar-refractivity contribution in [2.45, 2.75) is 38.5 Å². The van der Waals surface area contributed by atoms with Crippen LogP contribution in [0.4, 0.5) is 11.6 Å². The van der Waals surface area contributed by atoms with Gasteiger partial charge in [-0.15, -0.1) is 11.3 Å². The average Bonchev–Trinajstić information content (AvgIpc) is 3.49. The predicted octanol–water partition coefficient (Wildman–Crippen LogP) is 5.39. The number of anilines is 2. The molecular weight excluding hydrogens is 434 g/mol. The number of rotatable bonds is 5. The van der Waals surface area contributed by atoms with E-state index in [1.165, 1.54) is 24.0 Å². The zero-order chi connectivity index (χ0) is 22.4. The largest absolute Gasteiger partial charge is 0.360 e. The Morgan fingerprint density at radius 2 is 1.91 bits per heavy atom. The topological polar surface area (TPSA) is 84.2 Å². The average molecular weight is 460 g/mol. The number of nitrogens with zero attached hydrogens (tertiary/aromatic N) is 4. The normalized spacial score (nSPS) is 16.9. The Balaban J connectivity index is 1.28. The summed E-state index contributed by atoms with van der Waals surface area (Å²) in [5.74, 6) is 3.61. The van der Waals surface area contributed by atoms with Crippen LogP contribution in [0.2, 0.25) is 0 Å². The van der Waals surface area contributed by atoms with Crippen molar-refractivity contribution in [1.82, 2.24) is 15.1 Å². The summed E-state index contributed by atoms with van der Waals surface area (Å²) in [6.07, 6.45) is 3.90. The highest BCUT2D eigenvalue weighted by Crippen LogP contribution is 2.44. The summed E-state index contributed by atoms with van der Waals surface area (Å²) in [6.45, 7) is 3.39. The zero-order valence-corrected chi connectivity index (χ0v) is 19.3. The standard InChI is InChI=1S/C25H25N5O2S/c1-15-13-20(29-32-15)26-24(31)18-9-11-30(12-10-18)23-21-19(16-5-3-2-4-6-16)14-33-25(21)28-22(27-23)17-7-8-17/h2-6,13-14,17-18H,7-12H2,1H3,(H,26,29,31). The highest BCUT2D eigenvalue weighted by molar-refractivity contribution is 7.17. The molecule has 168 valence electrons. The van der Waals surface area contributed by atoms with E-state index in [4.69, 9.17) is 14.5 Å². The van der Waals surface area contributed by atoms with Crippen molar-refractivity contribution in [3.8, 4) is 11.1 Å². The smallest absolute Gasteiger partial charge is 0.228 e. The Morgan fingerprint density at radius 3 is 2.61 bits per heavy atom. The number of hydrogen-bond acceptors (Lipinski definition) is 7. The van der Waals surface area contributed by atoms with Crippen molar-refractivity contribution in [3.05, 3.63) is 53.4 Å². The van der Waals surface area contributed by atoms with Gasteiger partial charge in [-0.2, -0.15) is 0 Å². The third-order valence-corrected chi connectivity index (χ3v) is 7.38. The van der Waals surface area contributed by atoms with Gasteiger partial charge in [-0.1, -0.05) is 35.5 Å². The van der Waals surface area contributed by atoms with Crippen LogP contribution in [0.5, 0.6) is 0 Å². The predicted molar refractivity (Wildman–Crippen MR) is 130 cm³/mol. The van der Waals surface area contributed by atoms with Crippen molar-refractivity contribution < 1.29 is 9.32 Å². The first-order valence-electron chi connectivity index (χ1n) is 11.5. The third-order valence-electron chi connectivity index (χ3n) is 6.50. The fourth-order valence-corrected chi connectivity index (χ4v) is 5.48.